The average molecular weight is 287 g/mol. The topological polar surface area (TPSA) is 87.3 Å². The molecule has 0 N–H and O–H groups in total. The molecule has 8 heteroatoms. The van der Waals surface area contributed by atoms with Crippen LogP contribution >= 0.6 is 0 Å². The molecule has 3 aromatic rings. The van der Waals surface area contributed by atoms with Crippen molar-refractivity contribution in [2.75, 3.05) is 0 Å². The molecule has 0 aliphatic heterocycles. The summed E-state index contributed by atoms with van der Waals surface area (Å²) >= 11 is 0. The molecule has 0 aromatic carbocycles. The normalized spacial score (nSPS) is 11.8. The first kappa shape index (κ1) is 13.1. The fraction of sp³-hybridized carbons (Fsp3) is 0.231. The van der Waals surface area contributed by atoms with Crippen LogP contribution in [0.1, 0.15) is 5.76 Å². The predicted octanol–water partition coefficient (Wildman–Crippen LogP) is 0.314. The number of aryl methyl sites for hydroxylation is 2. The maximum Gasteiger partial charge on any atom is 0.332 e. The third kappa shape index (κ3) is 1.92. The number of aromatic nitrogens is 4. The van der Waals surface area contributed by atoms with Crippen molar-refractivity contribution in [3.63, 3.8) is 0 Å². The summed E-state index contributed by atoms with van der Waals surface area (Å²) in [5.41, 5.74) is -0.196. The Labute approximate surface area is 118 Å². The van der Waals surface area contributed by atoms with E-state index in [9.17, 15) is 9.59 Å². The van der Waals surface area contributed by atoms with E-state index in [0.29, 0.717) is 22.9 Å². The molecule has 0 unspecified atom stereocenters. The predicted molar refractivity (Wildman–Crippen MR) is 77.2 cm³/mol. The van der Waals surface area contributed by atoms with Crippen LogP contribution in [0.15, 0.2) is 37.4 Å². The average Bonchev–Trinajstić information content (AvgIpc) is 3.09. The fourth-order valence-corrected chi connectivity index (χ4v) is 2.11. The summed E-state index contributed by atoms with van der Waals surface area (Å²) in [6, 6.07) is 3.50. The molecule has 0 aliphatic carbocycles. The van der Waals surface area contributed by atoms with Crippen LogP contribution in [0.2, 0.25) is 0 Å². The van der Waals surface area contributed by atoms with Gasteiger partial charge in [0.2, 0.25) is 5.95 Å². The molecule has 3 rings (SSSR count). The highest BCUT2D eigenvalue weighted by Crippen LogP contribution is 2.15. The highest BCUT2D eigenvalue weighted by Gasteiger charge is 2.16. The molecule has 0 fully saturated rings. The lowest BCUT2D eigenvalue weighted by Gasteiger charge is -2.02. The first-order chi connectivity index (χ1) is 10.0. The largest absolute Gasteiger partial charge is 0.463 e. The van der Waals surface area contributed by atoms with Crippen LogP contribution in [-0.4, -0.2) is 24.9 Å². The van der Waals surface area contributed by atoms with Gasteiger partial charge in [0, 0.05) is 21.1 Å². The second-order valence-corrected chi connectivity index (χ2v) is 4.62. The summed E-state index contributed by atoms with van der Waals surface area (Å²) in [5, 5.41) is 0. The van der Waals surface area contributed by atoms with Gasteiger partial charge in [-0.1, -0.05) is 0 Å². The number of nitrogens with zero attached hydrogens (tertiary/aromatic N) is 5. The van der Waals surface area contributed by atoms with E-state index in [2.05, 4.69) is 9.98 Å². The van der Waals surface area contributed by atoms with Crippen LogP contribution in [0, 0.1) is 0 Å². The van der Waals surface area contributed by atoms with Crippen LogP contribution < -0.4 is 11.2 Å². The van der Waals surface area contributed by atoms with E-state index in [-0.39, 0.29) is 0 Å². The molecular weight excluding hydrogens is 274 g/mol. The van der Waals surface area contributed by atoms with E-state index in [4.69, 9.17) is 4.42 Å². The maximum atomic E-state index is 12.2. The lowest BCUT2D eigenvalue weighted by molar-refractivity contribution is 0.560. The Morgan fingerprint density at radius 1 is 1.19 bits per heavy atom. The molecule has 3 aromatic heterocycles. The number of aliphatic imine (C=N–C) groups is 1. The maximum absolute atomic E-state index is 12.2. The summed E-state index contributed by atoms with van der Waals surface area (Å²) in [4.78, 5) is 32.5. The van der Waals surface area contributed by atoms with Crippen molar-refractivity contribution >= 4 is 23.3 Å². The highest BCUT2D eigenvalue weighted by atomic mass is 16.3. The first-order valence-corrected chi connectivity index (χ1v) is 6.20. The van der Waals surface area contributed by atoms with Gasteiger partial charge in [-0.2, -0.15) is 4.98 Å². The fourth-order valence-electron chi connectivity index (χ4n) is 2.11. The zero-order valence-corrected chi connectivity index (χ0v) is 11.8. The molecular formula is C13H13N5O3. The second-order valence-electron chi connectivity index (χ2n) is 4.62. The summed E-state index contributed by atoms with van der Waals surface area (Å²) < 4.78 is 9.07. The SMILES string of the molecule is Cn1c(=O)c2c(nc(N=Cc3ccco3)n2C)n(C)c1=O. The number of imidazole rings is 1. The van der Waals surface area contributed by atoms with Crippen molar-refractivity contribution in [1.82, 2.24) is 18.7 Å². The molecule has 0 radical (unpaired) electrons. The lowest BCUT2D eigenvalue weighted by Crippen LogP contribution is -2.37. The van der Waals surface area contributed by atoms with Gasteiger partial charge in [0.15, 0.2) is 11.2 Å². The molecule has 0 amide bonds. The Balaban J connectivity index is 2.26. The number of hydrogen-bond acceptors (Lipinski definition) is 5. The Bertz CT molecular complexity index is 957. The van der Waals surface area contributed by atoms with Gasteiger partial charge in [0.25, 0.3) is 5.56 Å². The van der Waals surface area contributed by atoms with Gasteiger partial charge in [0.05, 0.1) is 12.5 Å². The lowest BCUT2D eigenvalue weighted by atomic mass is 10.5. The Morgan fingerprint density at radius 2 is 1.95 bits per heavy atom. The highest BCUT2D eigenvalue weighted by molar-refractivity contribution is 5.80. The van der Waals surface area contributed by atoms with Gasteiger partial charge in [-0.15, -0.1) is 0 Å². The monoisotopic (exact) mass is 287 g/mol. The molecule has 0 aliphatic rings. The Hall–Kier alpha value is -2.90. The smallest absolute Gasteiger partial charge is 0.332 e. The summed E-state index contributed by atoms with van der Waals surface area (Å²) in [7, 11) is 4.68. The number of furan rings is 1. The molecule has 8 nitrogen and oxygen atoms in total. The van der Waals surface area contributed by atoms with Crippen LogP contribution in [0.4, 0.5) is 5.95 Å². The molecule has 0 atom stereocenters. The van der Waals surface area contributed by atoms with E-state index in [1.54, 1.807) is 30.8 Å². The van der Waals surface area contributed by atoms with Crippen molar-refractivity contribution < 1.29 is 4.42 Å². The molecule has 0 saturated carbocycles. The van der Waals surface area contributed by atoms with Crippen molar-refractivity contribution in [2.45, 2.75) is 0 Å². The number of hydrogen-bond donors (Lipinski definition) is 0. The van der Waals surface area contributed by atoms with E-state index < -0.39 is 11.2 Å². The van der Waals surface area contributed by atoms with Crippen molar-refractivity contribution in [1.29, 1.82) is 0 Å². The summed E-state index contributed by atoms with van der Waals surface area (Å²) in [6.45, 7) is 0. The van der Waals surface area contributed by atoms with Gasteiger partial charge < -0.3 is 8.98 Å². The molecule has 21 heavy (non-hydrogen) atoms. The first-order valence-electron chi connectivity index (χ1n) is 6.20. The van der Waals surface area contributed by atoms with Crippen LogP contribution in [0.3, 0.4) is 0 Å². The van der Waals surface area contributed by atoms with Gasteiger partial charge in [-0.3, -0.25) is 13.9 Å². The number of fused-ring (bicyclic) bond motifs is 1. The van der Waals surface area contributed by atoms with Crippen LogP contribution in [0.5, 0.6) is 0 Å². The van der Waals surface area contributed by atoms with E-state index in [1.807, 2.05) is 0 Å². The van der Waals surface area contributed by atoms with Crippen molar-refractivity contribution in [3.8, 4) is 0 Å². The van der Waals surface area contributed by atoms with Crippen molar-refractivity contribution in [3.05, 3.63) is 45.0 Å². The van der Waals surface area contributed by atoms with Gasteiger partial charge in [-0.25, -0.2) is 9.79 Å². The van der Waals surface area contributed by atoms with E-state index >= 15 is 0 Å². The minimum Gasteiger partial charge on any atom is -0.463 e. The van der Waals surface area contributed by atoms with Crippen molar-refractivity contribution in [2.24, 2.45) is 26.1 Å². The van der Waals surface area contributed by atoms with Crippen LogP contribution in [0.25, 0.3) is 11.2 Å². The van der Waals surface area contributed by atoms with Gasteiger partial charge in [-0.05, 0) is 12.1 Å². The Morgan fingerprint density at radius 3 is 2.62 bits per heavy atom. The zero-order valence-electron chi connectivity index (χ0n) is 11.8. The summed E-state index contributed by atoms with van der Waals surface area (Å²) in [6.07, 6.45) is 3.04. The molecule has 0 saturated heterocycles. The molecule has 108 valence electrons. The van der Waals surface area contributed by atoms with E-state index in [0.717, 1.165) is 4.57 Å². The quantitative estimate of drug-likeness (QED) is 0.635. The molecule has 0 spiro atoms. The zero-order chi connectivity index (χ0) is 15.1. The summed E-state index contributed by atoms with van der Waals surface area (Å²) in [5.74, 6) is 0.892. The minimum atomic E-state index is -0.424. The Kier molecular flexibility index (Phi) is 2.86. The molecule has 0 bridgehead atoms. The van der Waals surface area contributed by atoms with Gasteiger partial charge >= 0.3 is 5.69 Å². The molecule has 3 heterocycles. The van der Waals surface area contributed by atoms with Crippen LogP contribution in [-0.2, 0) is 21.1 Å². The third-order valence-electron chi connectivity index (χ3n) is 3.30. The standard InChI is InChI=1S/C13H13N5O3/c1-16-9-10(17(2)13(20)18(3)11(9)19)15-12(16)14-7-8-5-4-6-21-8/h4-7H,1-3H3. The third-order valence-corrected chi connectivity index (χ3v) is 3.30. The van der Waals surface area contributed by atoms with Gasteiger partial charge in [0.1, 0.15) is 5.76 Å². The van der Waals surface area contributed by atoms with E-state index in [1.165, 1.54) is 24.1 Å². The number of rotatable bonds is 2. The second kappa shape index (κ2) is 4.58. The minimum absolute atomic E-state index is 0.303.